The number of nitrogens with one attached hydrogen (secondary N) is 1. The summed E-state index contributed by atoms with van der Waals surface area (Å²) >= 11 is 0. The minimum absolute atomic E-state index is 0.100. The smallest absolute Gasteiger partial charge is 0.123 e. The number of likely N-dealkylation sites (tertiary alicyclic amines) is 1. The summed E-state index contributed by atoms with van der Waals surface area (Å²) < 4.78 is 0. The molecule has 0 bridgehead atoms. The minimum Gasteiger partial charge on any atom is -0.385 e. The SMILES string of the molecule is N=C(N)C1(O)CCN(Cc2ccccc2)CC1. The number of benzene rings is 1. The lowest BCUT2D eigenvalue weighted by atomic mass is 9.90. The standard InChI is InChI=1S/C13H19N3O/c14-12(15)13(17)6-8-16(9-7-13)10-11-4-2-1-3-5-11/h1-5,17H,6-10H2,(H3,14,15). The first-order valence-corrected chi connectivity index (χ1v) is 5.93. The number of amidine groups is 1. The predicted octanol–water partition coefficient (Wildman–Crippen LogP) is 0.949. The van der Waals surface area contributed by atoms with Crippen molar-refractivity contribution in [1.82, 2.24) is 4.90 Å². The number of hydrogen-bond acceptors (Lipinski definition) is 3. The molecule has 1 heterocycles. The van der Waals surface area contributed by atoms with Crippen molar-refractivity contribution in [2.24, 2.45) is 5.73 Å². The first-order chi connectivity index (χ1) is 8.10. The fraction of sp³-hybridized carbons (Fsp3) is 0.462. The van der Waals surface area contributed by atoms with Crippen LogP contribution in [0, 0.1) is 5.41 Å². The molecule has 0 atom stereocenters. The summed E-state index contributed by atoms with van der Waals surface area (Å²) in [5, 5.41) is 17.4. The third-order valence-corrected chi connectivity index (χ3v) is 3.43. The maximum Gasteiger partial charge on any atom is 0.123 e. The van der Waals surface area contributed by atoms with E-state index in [1.165, 1.54) is 5.56 Å². The second kappa shape index (κ2) is 4.85. The molecule has 0 aromatic heterocycles. The van der Waals surface area contributed by atoms with Gasteiger partial charge < -0.3 is 10.8 Å². The molecule has 92 valence electrons. The zero-order chi connectivity index (χ0) is 12.3. The molecule has 1 saturated heterocycles. The average molecular weight is 233 g/mol. The van der Waals surface area contributed by atoms with Crippen LogP contribution in [0.2, 0.25) is 0 Å². The maximum absolute atomic E-state index is 10.1. The van der Waals surface area contributed by atoms with Crippen molar-refractivity contribution in [1.29, 1.82) is 5.41 Å². The number of aliphatic hydroxyl groups is 1. The number of hydrogen-bond donors (Lipinski definition) is 3. The molecule has 0 radical (unpaired) electrons. The Balaban J connectivity index is 1.90. The highest BCUT2D eigenvalue weighted by molar-refractivity contribution is 5.85. The van der Waals surface area contributed by atoms with Gasteiger partial charge in [0.25, 0.3) is 0 Å². The molecule has 1 aromatic carbocycles. The molecule has 4 heteroatoms. The Kier molecular flexibility index (Phi) is 3.45. The molecule has 2 rings (SSSR count). The van der Waals surface area contributed by atoms with Gasteiger partial charge >= 0.3 is 0 Å². The molecule has 1 aromatic rings. The molecule has 4 nitrogen and oxygen atoms in total. The van der Waals surface area contributed by atoms with Gasteiger partial charge in [-0.2, -0.15) is 0 Å². The van der Waals surface area contributed by atoms with E-state index in [1.807, 2.05) is 18.2 Å². The molecule has 0 aliphatic carbocycles. The van der Waals surface area contributed by atoms with Crippen molar-refractivity contribution in [3.63, 3.8) is 0 Å². The third kappa shape index (κ3) is 2.84. The lowest BCUT2D eigenvalue weighted by Gasteiger charge is -2.37. The highest BCUT2D eigenvalue weighted by Gasteiger charge is 2.34. The van der Waals surface area contributed by atoms with Crippen molar-refractivity contribution >= 4 is 5.84 Å². The fourth-order valence-electron chi connectivity index (χ4n) is 2.19. The van der Waals surface area contributed by atoms with Crippen molar-refractivity contribution in [2.45, 2.75) is 25.0 Å². The van der Waals surface area contributed by atoms with Gasteiger partial charge in [-0.05, 0) is 18.4 Å². The molecule has 1 aliphatic rings. The Morgan fingerprint density at radius 3 is 2.41 bits per heavy atom. The summed E-state index contributed by atoms with van der Waals surface area (Å²) in [6.07, 6.45) is 1.10. The molecular weight excluding hydrogens is 214 g/mol. The molecule has 4 N–H and O–H groups in total. The van der Waals surface area contributed by atoms with E-state index in [0.717, 1.165) is 19.6 Å². The first kappa shape index (κ1) is 12.1. The predicted molar refractivity (Wildman–Crippen MR) is 67.8 cm³/mol. The van der Waals surface area contributed by atoms with E-state index >= 15 is 0 Å². The summed E-state index contributed by atoms with van der Waals surface area (Å²) in [4.78, 5) is 2.28. The van der Waals surface area contributed by atoms with Crippen LogP contribution in [-0.4, -0.2) is 34.5 Å². The van der Waals surface area contributed by atoms with Crippen LogP contribution in [0.1, 0.15) is 18.4 Å². The minimum atomic E-state index is -1.08. The van der Waals surface area contributed by atoms with Gasteiger partial charge in [0.2, 0.25) is 0 Å². The Morgan fingerprint density at radius 1 is 1.29 bits per heavy atom. The molecule has 0 saturated carbocycles. The maximum atomic E-state index is 10.1. The summed E-state index contributed by atoms with van der Waals surface area (Å²) in [6, 6.07) is 10.3. The Hall–Kier alpha value is -1.39. The first-order valence-electron chi connectivity index (χ1n) is 5.93. The van der Waals surface area contributed by atoms with Gasteiger partial charge in [-0.15, -0.1) is 0 Å². The number of rotatable bonds is 3. The van der Waals surface area contributed by atoms with Gasteiger partial charge in [0, 0.05) is 19.6 Å². The Morgan fingerprint density at radius 2 is 1.88 bits per heavy atom. The Labute approximate surface area is 102 Å². The summed E-state index contributed by atoms with van der Waals surface area (Å²) in [5.74, 6) is -0.100. The van der Waals surface area contributed by atoms with Crippen LogP contribution < -0.4 is 5.73 Å². The van der Waals surface area contributed by atoms with E-state index in [1.54, 1.807) is 0 Å². The molecule has 1 fully saturated rings. The van der Waals surface area contributed by atoms with Gasteiger partial charge in [0.15, 0.2) is 0 Å². The van der Waals surface area contributed by atoms with Gasteiger partial charge in [-0.3, -0.25) is 10.3 Å². The lowest BCUT2D eigenvalue weighted by Crippen LogP contribution is -2.51. The van der Waals surface area contributed by atoms with Crippen LogP contribution in [-0.2, 0) is 6.54 Å². The van der Waals surface area contributed by atoms with E-state index in [4.69, 9.17) is 11.1 Å². The van der Waals surface area contributed by atoms with Crippen molar-refractivity contribution < 1.29 is 5.11 Å². The molecule has 0 amide bonds. The van der Waals surface area contributed by atoms with E-state index < -0.39 is 5.60 Å². The summed E-state index contributed by atoms with van der Waals surface area (Å²) in [6.45, 7) is 2.46. The van der Waals surface area contributed by atoms with Gasteiger partial charge in [0.05, 0.1) is 0 Å². The van der Waals surface area contributed by atoms with Gasteiger partial charge in [-0.25, -0.2) is 0 Å². The third-order valence-electron chi connectivity index (χ3n) is 3.43. The summed E-state index contributed by atoms with van der Waals surface area (Å²) in [5.41, 5.74) is 5.62. The van der Waals surface area contributed by atoms with Crippen LogP contribution in [0.3, 0.4) is 0 Å². The van der Waals surface area contributed by atoms with Crippen molar-refractivity contribution in [3.05, 3.63) is 35.9 Å². The zero-order valence-corrected chi connectivity index (χ0v) is 9.89. The van der Waals surface area contributed by atoms with Crippen LogP contribution >= 0.6 is 0 Å². The molecular formula is C13H19N3O. The highest BCUT2D eigenvalue weighted by Crippen LogP contribution is 2.22. The second-order valence-corrected chi connectivity index (χ2v) is 4.71. The number of nitrogens with zero attached hydrogens (tertiary/aromatic N) is 1. The van der Waals surface area contributed by atoms with Crippen molar-refractivity contribution in [2.75, 3.05) is 13.1 Å². The van der Waals surface area contributed by atoms with E-state index in [0.29, 0.717) is 12.8 Å². The number of nitrogens with two attached hydrogens (primary N) is 1. The number of piperidine rings is 1. The van der Waals surface area contributed by atoms with Crippen molar-refractivity contribution in [3.8, 4) is 0 Å². The normalized spacial score (nSPS) is 20.1. The highest BCUT2D eigenvalue weighted by atomic mass is 16.3. The van der Waals surface area contributed by atoms with Crippen LogP contribution in [0.5, 0.6) is 0 Å². The van der Waals surface area contributed by atoms with E-state index in [-0.39, 0.29) is 5.84 Å². The van der Waals surface area contributed by atoms with E-state index in [9.17, 15) is 5.11 Å². The second-order valence-electron chi connectivity index (χ2n) is 4.71. The molecule has 1 aliphatic heterocycles. The van der Waals surface area contributed by atoms with E-state index in [2.05, 4.69) is 17.0 Å². The van der Waals surface area contributed by atoms with Crippen LogP contribution in [0.4, 0.5) is 0 Å². The Bertz CT molecular complexity index is 383. The lowest BCUT2D eigenvalue weighted by molar-refractivity contribution is 0.0312. The zero-order valence-electron chi connectivity index (χ0n) is 9.89. The summed E-state index contributed by atoms with van der Waals surface area (Å²) in [7, 11) is 0. The van der Waals surface area contributed by atoms with Gasteiger partial charge in [-0.1, -0.05) is 30.3 Å². The largest absolute Gasteiger partial charge is 0.385 e. The fourth-order valence-corrected chi connectivity index (χ4v) is 2.19. The van der Waals surface area contributed by atoms with Gasteiger partial charge in [0.1, 0.15) is 11.4 Å². The van der Waals surface area contributed by atoms with Crippen LogP contribution in [0.25, 0.3) is 0 Å². The average Bonchev–Trinajstić information content (AvgIpc) is 2.33. The topological polar surface area (TPSA) is 73.3 Å². The van der Waals surface area contributed by atoms with Crippen LogP contribution in [0.15, 0.2) is 30.3 Å². The quantitative estimate of drug-likeness (QED) is 0.537. The molecule has 0 unspecified atom stereocenters. The molecule has 17 heavy (non-hydrogen) atoms. The molecule has 0 spiro atoms. The monoisotopic (exact) mass is 233 g/mol.